The molecule has 1 aromatic heterocycles. The fourth-order valence-corrected chi connectivity index (χ4v) is 6.04. The zero-order valence-corrected chi connectivity index (χ0v) is 19.8. The van der Waals surface area contributed by atoms with Gasteiger partial charge in [-0.1, -0.05) is 68.6 Å². The third-order valence-corrected chi connectivity index (χ3v) is 8.46. The van der Waals surface area contributed by atoms with E-state index in [0.29, 0.717) is 36.0 Å². The van der Waals surface area contributed by atoms with Gasteiger partial charge in [0.05, 0.1) is 4.90 Å². The Balaban J connectivity index is 1.43. The Hall–Kier alpha value is -1.84. The molecule has 2 aromatic rings. The van der Waals surface area contributed by atoms with E-state index >= 15 is 0 Å². The Morgan fingerprint density at radius 3 is 2.45 bits per heavy atom. The highest BCUT2D eigenvalue weighted by molar-refractivity contribution is 7.89. The molecule has 9 heteroatoms. The van der Waals surface area contributed by atoms with Crippen LogP contribution >= 0.6 is 11.3 Å². The molecule has 1 aliphatic heterocycles. The molecular weight excluding hydrogens is 432 g/mol. The zero-order chi connectivity index (χ0) is 22.1. The van der Waals surface area contributed by atoms with E-state index in [2.05, 4.69) is 22.4 Å². The van der Waals surface area contributed by atoms with Crippen molar-refractivity contribution < 1.29 is 13.2 Å². The molecule has 0 atom stereocenters. The van der Waals surface area contributed by atoms with Gasteiger partial charge in [0.2, 0.25) is 21.1 Å². The van der Waals surface area contributed by atoms with Crippen LogP contribution in [0.15, 0.2) is 35.2 Å². The van der Waals surface area contributed by atoms with Crippen molar-refractivity contribution in [2.75, 3.05) is 18.4 Å². The predicted molar refractivity (Wildman–Crippen MR) is 124 cm³/mol. The number of carbonyl (C=O) groups is 1. The molecule has 1 amide bonds. The number of aromatic nitrogens is 2. The summed E-state index contributed by atoms with van der Waals surface area (Å²) in [5.74, 6) is -0.313. The summed E-state index contributed by atoms with van der Waals surface area (Å²) in [6.07, 6.45) is 9.30. The molecule has 31 heavy (non-hydrogen) atoms. The van der Waals surface area contributed by atoms with E-state index in [-0.39, 0.29) is 11.8 Å². The van der Waals surface area contributed by atoms with Gasteiger partial charge >= 0.3 is 0 Å². The van der Waals surface area contributed by atoms with Crippen molar-refractivity contribution in [3.8, 4) is 0 Å². The van der Waals surface area contributed by atoms with Gasteiger partial charge in [0.15, 0.2) is 0 Å². The van der Waals surface area contributed by atoms with Crippen LogP contribution in [0.1, 0.15) is 63.3 Å². The molecular formula is C22H32N4O3S2. The second-order valence-electron chi connectivity index (χ2n) is 8.00. The molecule has 1 saturated heterocycles. The first kappa shape index (κ1) is 23.8. The van der Waals surface area contributed by atoms with E-state index in [9.17, 15) is 13.2 Å². The molecule has 0 spiro atoms. The number of piperidine rings is 1. The number of hydrogen-bond donors (Lipinski definition) is 1. The topological polar surface area (TPSA) is 92.3 Å². The fourth-order valence-electron chi connectivity index (χ4n) is 3.77. The van der Waals surface area contributed by atoms with Gasteiger partial charge in [-0.3, -0.25) is 4.79 Å². The van der Waals surface area contributed by atoms with Crippen molar-refractivity contribution in [1.82, 2.24) is 14.5 Å². The van der Waals surface area contributed by atoms with Crippen molar-refractivity contribution in [2.45, 2.75) is 69.6 Å². The molecule has 1 N–H and O–H groups in total. The van der Waals surface area contributed by atoms with Crippen molar-refractivity contribution in [3.63, 3.8) is 0 Å². The largest absolute Gasteiger partial charge is 0.300 e. The van der Waals surface area contributed by atoms with Crippen LogP contribution in [0.3, 0.4) is 0 Å². The van der Waals surface area contributed by atoms with E-state index in [4.69, 9.17) is 0 Å². The van der Waals surface area contributed by atoms with Crippen LogP contribution in [-0.2, 0) is 21.2 Å². The summed E-state index contributed by atoms with van der Waals surface area (Å²) >= 11 is 1.44. The summed E-state index contributed by atoms with van der Waals surface area (Å²) in [4.78, 5) is 12.9. The minimum atomic E-state index is -3.50. The quantitative estimate of drug-likeness (QED) is 0.495. The van der Waals surface area contributed by atoms with E-state index in [1.807, 2.05) is 0 Å². The average Bonchev–Trinajstić information content (AvgIpc) is 3.24. The minimum absolute atomic E-state index is 0.0981. The van der Waals surface area contributed by atoms with E-state index in [0.717, 1.165) is 17.8 Å². The number of amides is 1. The molecule has 0 saturated carbocycles. The highest BCUT2D eigenvalue weighted by Crippen LogP contribution is 2.25. The Kier molecular flexibility index (Phi) is 8.98. The second kappa shape index (κ2) is 11.7. The first-order valence-electron chi connectivity index (χ1n) is 11.2. The van der Waals surface area contributed by atoms with Crippen LogP contribution in [0.5, 0.6) is 0 Å². The summed E-state index contributed by atoms with van der Waals surface area (Å²) in [5, 5.41) is 12.7. The molecule has 1 aromatic carbocycles. The third kappa shape index (κ3) is 6.82. The lowest BCUT2D eigenvalue weighted by molar-refractivity contribution is -0.120. The molecule has 1 fully saturated rings. The number of aryl methyl sites for hydroxylation is 1. The van der Waals surface area contributed by atoms with Gasteiger partial charge in [0, 0.05) is 25.4 Å². The number of benzene rings is 1. The lowest BCUT2D eigenvalue weighted by Crippen LogP contribution is -2.41. The van der Waals surface area contributed by atoms with Crippen molar-refractivity contribution >= 4 is 32.4 Å². The number of nitrogens with zero attached hydrogens (tertiary/aromatic N) is 3. The van der Waals surface area contributed by atoms with Crippen LogP contribution < -0.4 is 5.32 Å². The number of anilines is 1. The van der Waals surface area contributed by atoms with Crippen molar-refractivity contribution in [3.05, 3.63) is 35.3 Å². The number of nitrogens with one attached hydrogen (secondary N) is 1. The van der Waals surface area contributed by atoms with Gasteiger partial charge in [-0.05, 0) is 31.4 Å². The van der Waals surface area contributed by atoms with Gasteiger partial charge in [-0.25, -0.2) is 8.42 Å². The molecule has 3 rings (SSSR count). The van der Waals surface area contributed by atoms with Gasteiger partial charge < -0.3 is 5.32 Å². The highest BCUT2D eigenvalue weighted by atomic mass is 32.2. The zero-order valence-electron chi connectivity index (χ0n) is 18.1. The Morgan fingerprint density at radius 1 is 1.06 bits per heavy atom. The SMILES string of the molecule is CCCCCCCCc1nnc(NC(=O)C2CCN(S(=O)(=O)c3ccccc3)CC2)s1. The summed E-state index contributed by atoms with van der Waals surface area (Å²) in [7, 11) is -3.50. The van der Waals surface area contributed by atoms with Gasteiger partial charge in [0.1, 0.15) is 5.01 Å². The molecule has 2 heterocycles. The first-order valence-corrected chi connectivity index (χ1v) is 13.4. The molecule has 0 bridgehead atoms. The second-order valence-corrected chi connectivity index (χ2v) is 11.0. The lowest BCUT2D eigenvalue weighted by Gasteiger charge is -2.30. The average molecular weight is 465 g/mol. The minimum Gasteiger partial charge on any atom is -0.300 e. The monoisotopic (exact) mass is 464 g/mol. The fraction of sp³-hybridized carbons (Fsp3) is 0.591. The van der Waals surface area contributed by atoms with Crippen molar-refractivity contribution in [1.29, 1.82) is 0 Å². The lowest BCUT2D eigenvalue weighted by atomic mass is 9.97. The summed E-state index contributed by atoms with van der Waals surface area (Å²) in [6, 6.07) is 8.44. The Labute approximate surface area is 189 Å². The number of hydrogen-bond acceptors (Lipinski definition) is 6. The molecule has 1 aliphatic rings. The number of rotatable bonds is 11. The summed E-state index contributed by atoms with van der Waals surface area (Å²) in [6.45, 7) is 2.90. The number of sulfonamides is 1. The van der Waals surface area contributed by atoms with Crippen LogP contribution in [0.4, 0.5) is 5.13 Å². The summed E-state index contributed by atoms with van der Waals surface area (Å²) in [5.41, 5.74) is 0. The third-order valence-electron chi connectivity index (χ3n) is 5.65. The van der Waals surface area contributed by atoms with Gasteiger partial charge in [0.25, 0.3) is 0 Å². The molecule has 0 unspecified atom stereocenters. The van der Waals surface area contributed by atoms with E-state index in [1.165, 1.54) is 47.7 Å². The van der Waals surface area contributed by atoms with Gasteiger partial charge in [-0.15, -0.1) is 10.2 Å². The molecule has 0 radical (unpaired) electrons. The smallest absolute Gasteiger partial charge is 0.243 e. The Bertz CT molecular complexity index is 923. The van der Waals surface area contributed by atoms with Gasteiger partial charge in [-0.2, -0.15) is 4.31 Å². The van der Waals surface area contributed by atoms with Crippen LogP contribution in [0.25, 0.3) is 0 Å². The predicted octanol–water partition coefficient (Wildman–Crippen LogP) is 4.48. The maximum absolute atomic E-state index is 12.7. The van der Waals surface area contributed by atoms with Crippen molar-refractivity contribution in [2.24, 2.45) is 5.92 Å². The normalized spacial score (nSPS) is 15.8. The maximum atomic E-state index is 12.7. The van der Waals surface area contributed by atoms with Crippen LogP contribution in [-0.4, -0.2) is 41.9 Å². The van der Waals surface area contributed by atoms with Crippen LogP contribution in [0.2, 0.25) is 0 Å². The summed E-state index contributed by atoms with van der Waals surface area (Å²) < 4.78 is 26.9. The number of carbonyl (C=O) groups excluding carboxylic acids is 1. The van der Waals surface area contributed by atoms with E-state index < -0.39 is 10.0 Å². The molecule has 7 nitrogen and oxygen atoms in total. The Morgan fingerprint density at radius 2 is 1.74 bits per heavy atom. The van der Waals surface area contributed by atoms with E-state index in [1.54, 1.807) is 30.3 Å². The number of unbranched alkanes of at least 4 members (excludes halogenated alkanes) is 5. The first-order chi connectivity index (χ1) is 15.0. The maximum Gasteiger partial charge on any atom is 0.243 e. The standard InChI is InChI=1S/C22H32N4O3S2/c1-2-3-4-5-6-10-13-20-24-25-22(30-20)23-21(27)18-14-16-26(17-15-18)31(28,29)19-11-8-7-9-12-19/h7-9,11-12,18H,2-6,10,13-17H2,1H3,(H,23,25,27). The highest BCUT2D eigenvalue weighted by Gasteiger charge is 2.32. The molecule has 0 aliphatic carbocycles. The van der Waals surface area contributed by atoms with Crippen LogP contribution in [0, 0.1) is 5.92 Å². The molecule has 170 valence electrons.